The lowest BCUT2D eigenvalue weighted by Gasteiger charge is -2.42. The van der Waals surface area contributed by atoms with Gasteiger partial charge in [0, 0.05) is 64.5 Å². The summed E-state index contributed by atoms with van der Waals surface area (Å²) in [6, 6.07) is 9.24. The van der Waals surface area contributed by atoms with E-state index in [0.29, 0.717) is 50.9 Å². The van der Waals surface area contributed by atoms with Crippen molar-refractivity contribution in [2.45, 2.75) is 62.4 Å². The topological polar surface area (TPSA) is 117 Å². The van der Waals surface area contributed by atoms with Crippen LogP contribution in [-0.4, -0.2) is 72.7 Å². The monoisotopic (exact) mass is 729 g/mol. The Labute approximate surface area is 289 Å². The molecule has 10 nitrogen and oxygen atoms in total. The van der Waals surface area contributed by atoms with Crippen LogP contribution in [0.5, 0.6) is 0 Å². The number of alkyl halides is 2. The lowest BCUT2D eigenvalue weighted by atomic mass is 9.84. The SMILES string of the molecule is O=S(=O)(C[C@H]1CC2=C(c3ccn(C(F)F)n3)[C@H](c3ccc(F)cc3Cl)N=C(c3nccs3)N2C1)N1C2CC[C@H]1C[C@@](O)(c1ccccn1)C2. The zero-order valence-corrected chi connectivity index (χ0v) is 28.3. The Bertz CT molecular complexity index is 2050. The average Bonchev–Trinajstić information content (AvgIpc) is 3.88. The van der Waals surface area contributed by atoms with E-state index in [9.17, 15) is 26.7 Å². The molecule has 1 unspecified atom stereocenters. The number of hydrogen-bond donors (Lipinski definition) is 1. The zero-order valence-electron chi connectivity index (χ0n) is 25.9. The molecule has 8 rings (SSSR count). The van der Waals surface area contributed by atoms with Gasteiger partial charge in [-0.2, -0.15) is 18.2 Å². The molecule has 0 radical (unpaired) electrons. The molecule has 3 aromatic heterocycles. The van der Waals surface area contributed by atoms with Gasteiger partial charge in [-0.3, -0.25) is 9.98 Å². The van der Waals surface area contributed by atoms with Crippen molar-refractivity contribution in [1.82, 2.24) is 29.0 Å². The van der Waals surface area contributed by atoms with Crippen LogP contribution in [0.25, 0.3) is 5.57 Å². The molecule has 49 heavy (non-hydrogen) atoms. The Balaban J connectivity index is 1.16. The molecule has 0 aliphatic carbocycles. The summed E-state index contributed by atoms with van der Waals surface area (Å²) in [5, 5.41) is 18.2. The van der Waals surface area contributed by atoms with Crippen LogP contribution in [0.3, 0.4) is 0 Å². The molecule has 7 heterocycles. The second kappa shape index (κ2) is 12.3. The first-order chi connectivity index (χ1) is 23.5. The number of rotatable bonds is 8. The highest BCUT2D eigenvalue weighted by Crippen LogP contribution is 2.49. The third-order valence-corrected chi connectivity index (χ3v) is 13.1. The maximum absolute atomic E-state index is 14.3. The molecule has 0 spiro atoms. The number of halogens is 4. The van der Waals surface area contributed by atoms with Crippen molar-refractivity contribution in [2.75, 3.05) is 12.3 Å². The predicted octanol–water partition coefficient (Wildman–Crippen LogP) is 6.00. The van der Waals surface area contributed by atoms with Crippen LogP contribution in [0.4, 0.5) is 13.2 Å². The second-order valence-electron chi connectivity index (χ2n) is 13.0. The van der Waals surface area contributed by atoms with Crippen molar-refractivity contribution >= 4 is 44.4 Å². The fourth-order valence-corrected chi connectivity index (χ4v) is 11.2. The smallest absolute Gasteiger partial charge is 0.333 e. The van der Waals surface area contributed by atoms with Gasteiger partial charge in [0.1, 0.15) is 17.5 Å². The minimum atomic E-state index is -3.80. The summed E-state index contributed by atoms with van der Waals surface area (Å²) in [5.74, 6) is -0.599. The number of fused-ring (bicyclic) bond motifs is 3. The van der Waals surface area contributed by atoms with Crippen molar-refractivity contribution in [1.29, 1.82) is 0 Å². The summed E-state index contributed by atoms with van der Waals surface area (Å²) in [6.07, 6.45) is 6.57. The number of aliphatic imine (C=N–C) groups is 1. The third-order valence-electron chi connectivity index (χ3n) is 9.91. The molecule has 3 saturated heterocycles. The number of aliphatic hydroxyl groups is 1. The van der Waals surface area contributed by atoms with Crippen molar-refractivity contribution in [2.24, 2.45) is 10.9 Å². The quantitative estimate of drug-likeness (QED) is 0.237. The molecule has 2 bridgehead atoms. The first-order valence-corrected chi connectivity index (χ1v) is 18.8. The Morgan fingerprint density at radius 3 is 2.53 bits per heavy atom. The standard InChI is InChI=1S/C33H31ClF3N7O3S2/c34-24-14-20(35)4-7-23(24)29-28(25-8-11-43(41-25)32(36)37)26-13-19(17-42(26)30(40-29)31-39-10-12-48-31)18-49(46,47)44-21-5-6-22(44)16-33(45,15-21)27-3-1-2-9-38-27/h1-4,7-12,14,19,21-22,29,32,45H,5-6,13,15-18H2/t19-,21-,22?,29-,33-/m0/s1. The van der Waals surface area contributed by atoms with Gasteiger partial charge in [-0.15, -0.1) is 11.3 Å². The Hall–Kier alpha value is -3.63. The van der Waals surface area contributed by atoms with E-state index in [0.717, 1.165) is 0 Å². The van der Waals surface area contributed by atoms with Crippen LogP contribution >= 0.6 is 22.9 Å². The number of pyridine rings is 1. The number of nitrogens with zero attached hydrogens (tertiary/aromatic N) is 7. The molecule has 4 aliphatic heterocycles. The van der Waals surface area contributed by atoms with Crippen LogP contribution in [0.2, 0.25) is 5.02 Å². The molecule has 1 N–H and O–H groups in total. The van der Waals surface area contributed by atoms with Crippen molar-refractivity contribution in [3.8, 4) is 0 Å². The predicted molar refractivity (Wildman–Crippen MR) is 178 cm³/mol. The number of allylic oxidation sites excluding steroid dienone is 1. The van der Waals surface area contributed by atoms with Crippen LogP contribution in [0.15, 0.2) is 77.1 Å². The maximum Gasteiger partial charge on any atom is 0.333 e. The summed E-state index contributed by atoms with van der Waals surface area (Å²) >= 11 is 7.93. The third kappa shape index (κ3) is 5.78. The number of sulfonamides is 1. The maximum atomic E-state index is 14.3. The summed E-state index contributed by atoms with van der Waals surface area (Å²) < 4.78 is 72.3. The van der Waals surface area contributed by atoms with Gasteiger partial charge in [0.05, 0.1) is 17.1 Å². The molecule has 256 valence electrons. The first kappa shape index (κ1) is 32.6. The molecular weight excluding hydrogens is 699 g/mol. The molecule has 1 aromatic carbocycles. The fourth-order valence-electron chi connectivity index (χ4n) is 8.01. The lowest BCUT2D eigenvalue weighted by Crippen LogP contribution is -2.53. The number of benzene rings is 1. The van der Waals surface area contributed by atoms with E-state index in [1.54, 1.807) is 34.2 Å². The fraction of sp³-hybridized carbons (Fsp3) is 0.394. The van der Waals surface area contributed by atoms with Crippen molar-refractivity contribution in [3.63, 3.8) is 0 Å². The molecule has 0 saturated carbocycles. The Morgan fingerprint density at radius 1 is 1.08 bits per heavy atom. The molecule has 4 aromatic rings. The Morgan fingerprint density at radius 2 is 1.88 bits per heavy atom. The highest BCUT2D eigenvalue weighted by atomic mass is 35.5. The van der Waals surface area contributed by atoms with Gasteiger partial charge in [0.2, 0.25) is 10.0 Å². The number of hydrogen-bond acceptors (Lipinski definition) is 9. The molecule has 0 amide bonds. The van der Waals surface area contributed by atoms with E-state index >= 15 is 0 Å². The summed E-state index contributed by atoms with van der Waals surface area (Å²) in [5.41, 5.74) is 1.20. The van der Waals surface area contributed by atoms with Gasteiger partial charge in [-0.25, -0.2) is 22.5 Å². The number of amidine groups is 1. The Kier molecular flexibility index (Phi) is 8.18. The average molecular weight is 730 g/mol. The van der Waals surface area contributed by atoms with Gasteiger partial charge < -0.3 is 10.0 Å². The molecule has 5 atom stereocenters. The van der Waals surface area contributed by atoms with Gasteiger partial charge in [-0.05, 0) is 68.4 Å². The first-order valence-electron chi connectivity index (χ1n) is 15.9. The van der Waals surface area contributed by atoms with Crippen molar-refractivity contribution < 1.29 is 26.7 Å². The van der Waals surface area contributed by atoms with Gasteiger partial charge >= 0.3 is 6.55 Å². The highest BCUT2D eigenvalue weighted by Gasteiger charge is 2.54. The van der Waals surface area contributed by atoms with Crippen LogP contribution in [-0.2, 0) is 15.6 Å². The van der Waals surface area contributed by atoms with E-state index < -0.39 is 40.0 Å². The van der Waals surface area contributed by atoms with E-state index in [-0.39, 0.29) is 54.4 Å². The lowest BCUT2D eigenvalue weighted by molar-refractivity contribution is -0.0374. The summed E-state index contributed by atoms with van der Waals surface area (Å²) in [7, 11) is -3.80. The largest absolute Gasteiger partial charge is 0.383 e. The van der Waals surface area contributed by atoms with Gasteiger partial charge in [0.25, 0.3) is 0 Å². The molecule has 4 aliphatic rings. The normalized spacial score (nSPS) is 27.2. The van der Waals surface area contributed by atoms with Crippen LogP contribution in [0.1, 0.15) is 66.7 Å². The summed E-state index contributed by atoms with van der Waals surface area (Å²) in [6.45, 7) is -2.59. The second-order valence-corrected chi connectivity index (χ2v) is 16.2. The molecule has 3 fully saturated rings. The van der Waals surface area contributed by atoms with Crippen LogP contribution in [0, 0.1) is 11.7 Å². The van der Waals surface area contributed by atoms with Crippen LogP contribution < -0.4 is 0 Å². The number of aromatic nitrogens is 4. The van der Waals surface area contributed by atoms with E-state index in [1.807, 2.05) is 11.0 Å². The minimum absolute atomic E-state index is 0.107. The minimum Gasteiger partial charge on any atom is -0.383 e. The van der Waals surface area contributed by atoms with E-state index in [1.165, 1.54) is 41.8 Å². The van der Waals surface area contributed by atoms with Gasteiger partial charge in [0.15, 0.2) is 10.8 Å². The highest BCUT2D eigenvalue weighted by molar-refractivity contribution is 7.89. The van der Waals surface area contributed by atoms with Gasteiger partial charge in [-0.1, -0.05) is 23.7 Å². The number of thiazole rings is 1. The zero-order chi connectivity index (χ0) is 34.1. The summed E-state index contributed by atoms with van der Waals surface area (Å²) in [4.78, 5) is 15.8. The molecule has 16 heteroatoms. The van der Waals surface area contributed by atoms with E-state index in [4.69, 9.17) is 16.6 Å². The van der Waals surface area contributed by atoms with E-state index in [2.05, 4.69) is 15.1 Å². The van der Waals surface area contributed by atoms with Crippen molar-refractivity contribution in [3.05, 3.63) is 105 Å². The molecular formula is C33H31ClF3N7O3S2. The number of piperidine rings is 1.